The molecule has 0 N–H and O–H groups in total. The molecule has 4 nitrogen and oxygen atoms in total. The second-order valence-corrected chi connectivity index (χ2v) is 14.5. The van der Waals surface area contributed by atoms with E-state index in [1.165, 1.54) is 37.6 Å². The van der Waals surface area contributed by atoms with Crippen LogP contribution in [0.1, 0.15) is 0 Å². The average molecular weight is 721 g/mol. The van der Waals surface area contributed by atoms with Gasteiger partial charge >= 0.3 is 0 Å². The van der Waals surface area contributed by atoms with Crippen LogP contribution >= 0.6 is 11.8 Å². The highest BCUT2D eigenvalue weighted by atomic mass is 32.2. The van der Waals surface area contributed by atoms with Crippen molar-refractivity contribution in [1.82, 2.24) is 19.9 Å². The Morgan fingerprint density at radius 3 is 1.45 bits per heavy atom. The molecule has 6 aromatic carbocycles. The highest BCUT2D eigenvalue weighted by Gasteiger charge is 2.22. The SMILES string of the molecule is c1ccc(-c2cc(-c3ccc(-c4cccnc4)nc3)nc(-c3ccc4c(c3)-c3ccccc3Sc3ccccc3-c3ccccc3-c3ccccc3-4)n2)cc1. The maximum Gasteiger partial charge on any atom is 0.160 e. The fourth-order valence-corrected chi connectivity index (χ4v) is 8.54. The van der Waals surface area contributed by atoms with Crippen molar-refractivity contribution in [3.63, 3.8) is 0 Å². The topological polar surface area (TPSA) is 51.6 Å². The monoisotopic (exact) mass is 720 g/mol. The van der Waals surface area contributed by atoms with Crippen LogP contribution in [0, 0.1) is 0 Å². The van der Waals surface area contributed by atoms with Crippen LogP contribution in [0.4, 0.5) is 0 Å². The Bertz CT molecular complexity index is 2840. The first-order chi connectivity index (χ1) is 27.3. The normalized spacial score (nSPS) is 11.6. The Labute approximate surface area is 324 Å². The highest BCUT2D eigenvalue weighted by molar-refractivity contribution is 7.99. The van der Waals surface area contributed by atoms with E-state index in [9.17, 15) is 0 Å². The molecule has 0 radical (unpaired) electrons. The summed E-state index contributed by atoms with van der Waals surface area (Å²) in [6.07, 6.45) is 5.49. The third-order valence-corrected chi connectivity index (χ3v) is 11.3. The lowest BCUT2D eigenvalue weighted by molar-refractivity contribution is 1.18. The molecule has 0 bridgehead atoms. The number of fused-ring (bicyclic) bond motifs is 9. The maximum atomic E-state index is 5.23. The van der Waals surface area contributed by atoms with E-state index in [1.54, 1.807) is 6.20 Å². The van der Waals surface area contributed by atoms with Gasteiger partial charge in [-0.05, 0) is 93.0 Å². The molecule has 0 unspecified atom stereocenters. The van der Waals surface area contributed by atoms with Crippen molar-refractivity contribution in [2.45, 2.75) is 9.79 Å². The molecule has 0 amide bonds. The van der Waals surface area contributed by atoms with Crippen LogP contribution in [0.25, 0.3) is 89.7 Å². The molecule has 1 aliphatic heterocycles. The fourth-order valence-electron chi connectivity index (χ4n) is 7.43. The zero-order chi connectivity index (χ0) is 36.6. The Balaban J connectivity index is 1.19. The molecule has 10 rings (SSSR count). The van der Waals surface area contributed by atoms with Gasteiger partial charge in [-0.2, -0.15) is 0 Å². The molecule has 4 heterocycles. The molecule has 0 saturated heterocycles. The van der Waals surface area contributed by atoms with Gasteiger partial charge in [-0.25, -0.2) is 9.97 Å². The highest BCUT2D eigenvalue weighted by Crippen LogP contribution is 2.49. The molecule has 55 heavy (non-hydrogen) atoms. The number of hydrogen-bond acceptors (Lipinski definition) is 5. The van der Waals surface area contributed by atoms with Crippen LogP contribution in [-0.2, 0) is 0 Å². The molecular formula is C50H32N4S. The summed E-state index contributed by atoms with van der Waals surface area (Å²) in [6, 6.07) is 62.1. The first-order valence-corrected chi connectivity index (χ1v) is 19.1. The van der Waals surface area contributed by atoms with E-state index >= 15 is 0 Å². The van der Waals surface area contributed by atoms with Gasteiger partial charge < -0.3 is 0 Å². The summed E-state index contributed by atoms with van der Waals surface area (Å²) < 4.78 is 0. The van der Waals surface area contributed by atoms with E-state index in [0.717, 1.165) is 56.0 Å². The Morgan fingerprint density at radius 1 is 0.327 bits per heavy atom. The molecule has 0 aliphatic carbocycles. The zero-order valence-electron chi connectivity index (χ0n) is 29.7. The van der Waals surface area contributed by atoms with Crippen LogP contribution in [0.2, 0.25) is 0 Å². The second-order valence-electron chi connectivity index (χ2n) is 13.4. The van der Waals surface area contributed by atoms with Crippen molar-refractivity contribution in [2.24, 2.45) is 0 Å². The first kappa shape index (κ1) is 32.7. The molecule has 258 valence electrons. The van der Waals surface area contributed by atoms with Gasteiger partial charge in [0.2, 0.25) is 0 Å². The van der Waals surface area contributed by atoms with E-state index in [1.807, 2.05) is 60.6 Å². The molecule has 5 heteroatoms. The lowest BCUT2D eigenvalue weighted by Crippen LogP contribution is -1.98. The Morgan fingerprint density at radius 2 is 0.836 bits per heavy atom. The van der Waals surface area contributed by atoms with Crippen LogP contribution in [-0.4, -0.2) is 19.9 Å². The summed E-state index contributed by atoms with van der Waals surface area (Å²) in [5, 5.41) is 0. The molecule has 1 aliphatic rings. The average Bonchev–Trinajstić information content (AvgIpc) is 3.28. The number of pyridine rings is 2. The number of nitrogens with zero attached hydrogens (tertiary/aromatic N) is 4. The van der Waals surface area contributed by atoms with Gasteiger partial charge in [-0.1, -0.05) is 139 Å². The molecule has 0 spiro atoms. The van der Waals surface area contributed by atoms with Crippen molar-refractivity contribution in [3.05, 3.63) is 195 Å². The van der Waals surface area contributed by atoms with Crippen molar-refractivity contribution < 1.29 is 0 Å². The van der Waals surface area contributed by atoms with Crippen molar-refractivity contribution >= 4 is 11.8 Å². The van der Waals surface area contributed by atoms with Crippen LogP contribution in [0.5, 0.6) is 0 Å². The number of aromatic nitrogens is 4. The molecule has 0 atom stereocenters. The van der Waals surface area contributed by atoms with Crippen LogP contribution < -0.4 is 0 Å². The summed E-state index contributed by atoms with van der Waals surface area (Å²) in [5.74, 6) is 0.652. The predicted octanol–water partition coefficient (Wildman–Crippen LogP) is 13.1. The largest absolute Gasteiger partial charge is 0.264 e. The predicted molar refractivity (Wildman–Crippen MR) is 225 cm³/mol. The van der Waals surface area contributed by atoms with Crippen molar-refractivity contribution in [3.8, 4) is 89.7 Å². The minimum Gasteiger partial charge on any atom is -0.264 e. The van der Waals surface area contributed by atoms with Gasteiger partial charge in [0.25, 0.3) is 0 Å². The van der Waals surface area contributed by atoms with E-state index in [2.05, 4.69) is 145 Å². The second kappa shape index (κ2) is 14.1. The van der Waals surface area contributed by atoms with Crippen molar-refractivity contribution in [2.75, 3.05) is 0 Å². The minimum absolute atomic E-state index is 0.652. The fraction of sp³-hybridized carbons (Fsp3) is 0. The number of rotatable bonds is 4. The van der Waals surface area contributed by atoms with Crippen LogP contribution in [0.15, 0.2) is 204 Å². The molecule has 9 aromatic rings. The zero-order valence-corrected chi connectivity index (χ0v) is 30.5. The molecule has 3 aromatic heterocycles. The Hall–Kier alpha value is -6.95. The summed E-state index contributed by atoms with van der Waals surface area (Å²) in [6.45, 7) is 0. The van der Waals surface area contributed by atoms with E-state index < -0.39 is 0 Å². The lowest BCUT2D eigenvalue weighted by Gasteiger charge is -2.18. The maximum absolute atomic E-state index is 5.23. The van der Waals surface area contributed by atoms with Gasteiger partial charge in [0.1, 0.15) is 0 Å². The first-order valence-electron chi connectivity index (χ1n) is 18.3. The molecular weight excluding hydrogens is 689 g/mol. The summed E-state index contributed by atoms with van der Waals surface area (Å²) >= 11 is 1.81. The summed E-state index contributed by atoms with van der Waals surface area (Å²) in [4.78, 5) is 21.9. The summed E-state index contributed by atoms with van der Waals surface area (Å²) in [5.41, 5.74) is 15.8. The van der Waals surface area contributed by atoms with Gasteiger partial charge in [0.05, 0.1) is 17.1 Å². The molecule has 0 fully saturated rings. The standard InChI is InChI=1S/C50H32N4S/c1-2-13-33(14-3-1)46-30-47(36-25-27-45(52-32-36)35-15-12-28-51-31-35)54-50(53-46)34-24-26-41-39-18-5-4-16-37(39)38-17-6-7-19-40(38)42-20-8-10-22-48(42)55-49-23-11-9-21-43(49)44(41)29-34/h1-32H. The lowest BCUT2D eigenvalue weighted by atomic mass is 9.86. The van der Waals surface area contributed by atoms with Gasteiger partial charge in [0, 0.05) is 50.6 Å². The summed E-state index contributed by atoms with van der Waals surface area (Å²) in [7, 11) is 0. The third kappa shape index (κ3) is 6.21. The van der Waals surface area contributed by atoms with Gasteiger partial charge in [0.15, 0.2) is 5.82 Å². The quantitative estimate of drug-likeness (QED) is 0.181. The van der Waals surface area contributed by atoms with Crippen molar-refractivity contribution in [1.29, 1.82) is 0 Å². The van der Waals surface area contributed by atoms with Gasteiger partial charge in [-0.3, -0.25) is 9.97 Å². The number of benzene rings is 6. The van der Waals surface area contributed by atoms with Gasteiger partial charge in [-0.15, -0.1) is 0 Å². The van der Waals surface area contributed by atoms with Crippen LogP contribution in [0.3, 0.4) is 0 Å². The van der Waals surface area contributed by atoms with E-state index in [0.29, 0.717) is 5.82 Å². The minimum atomic E-state index is 0.652. The van der Waals surface area contributed by atoms with E-state index in [-0.39, 0.29) is 0 Å². The van der Waals surface area contributed by atoms with E-state index in [4.69, 9.17) is 15.0 Å². The third-order valence-electron chi connectivity index (χ3n) is 10.1. The smallest absolute Gasteiger partial charge is 0.160 e. The Kier molecular flexibility index (Phi) is 8.39. The molecule has 0 saturated carbocycles. The number of hydrogen-bond donors (Lipinski definition) is 0.